The van der Waals surface area contributed by atoms with Crippen LogP contribution in [0.5, 0.6) is 0 Å². The molecule has 0 radical (unpaired) electrons. The van der Waals surface area contributed by atoms with E-state index in [0.29, 0.717) is 17.3 Å². The number of nitrogens with zero attached hydrogens (tertiary/aromatic N) is 2. The minimum Gasteiger partial charge on any atom is -0.366 e. The van der Waals surface area contributed by atoms with Crippen LogP contribution in [0, 0.1) is 16.0 Å². The average Bonchev–Trinajstić information content (AvgIpc) is 2.63. The van der Waals surface area contributed by atoms with Crippen molar-refractivity contribution < 1.29 is 9.72 Å². The lowest BCUT2D eigenvalue weighted by molar-refractivity contribution is -0.384. The molecule has 1 fully saturated rings. The molecule has 26 heavy (non-hydrogen) atoms. The van der Waals surface area contributed by atoms with E-state index in [0.717, 1.165) is 30.4 Å². The Morgan fingerprint density at radius 3 is 2.65 bits per heavy atom. The lowest BCUT2D eigenvalue weighted by Crippen LogP contribution is -2.34. The molecule has 1 N–H and O–H groups in total. The number of amides is 1. The fraction of sp³-hybridized carbons (Fsp3) is 0.316. The Labute approximate surface area is 160 Å². The van der Waals surface area contributed by atoms with Crippen molar-refractivity contribution in [1.82, 2.24) is 0 Å². The first-order valence-electron chi connectivity index (χ1n) is 8.54. The molecule has 0 saturated carbocycles. The number of nitro benzene ring substituents is 1. The summed E-state index contributed by atoms with van der Waals surface area (Å²) in [4.78, 5) is 25.6. The van der Waals surface area contributed by atoms with Crippen molar-refractivity contribution >= 4 is 38.9 Å². The molecule has 0 bridgehead atoms. The van der Waals surface area contributed by atoms with E-state index in [1.807, 2.05) is 17.0 Å². The molecule has 136 valence electrons. The maximum atomic E-state index is 12.5. The number of benzene rings is 2. The molecule has 0 aromatic heterocycles. The van der Waals surface area contributed by atoms with Gasteiger partial charge < -0.3 is 10.2 Å². The van der Waals surface area contributed by atoms with Crippen molar-refractivity contribution in [3.63, 3.8) is 0 Å². The quantitative estimate of drug-likeness (QED) is 0.569. The summed E-state index contributed by atoms with van der Waals surface area (Å²) in [6.45, 7) is 3.75. The molecule has 6 nitrogen and oxygen atoms in total. The maximum Gasteiger partial charge on any atom is 0.293 e. The molecular formula is C19H20BrN3O3. The summed E-state index contributed by atoms with van der Waals surface area (Å²) < 4.78 is 0.909. The smallest absolute Gasteiger partial charge is 0.293 e. The zero-order valence-corrected chi connectivity index (χ0v) is 16.0. The number of carbonyl (C=O) groups is 1. The Morgan fingerprint density at radius 2 is 2.00 bits per heavy atom. The number of piperidine rings is 1. The lowest BCUT2D eigenvalue weighted by Gasteiger charge is -2.32. The van der Waals surface area contributed by atoms with Gasteiger partial charge in [-0.15, -0.1) is 0 Å². The van der Waals surface area contributed by atoms with Gasteiger partial charge in [-0.05, 0) is 55.2 Å². The number of hydrogen-bond donors (Lipinski definition) is 1. The van der Waals surface area contributed by atoms with Crippen LogP contribution in [0.15, 0.2) is 46.9 Å². The van der Waals surface area contributed by atoms with E-state index in [1.54, 1.807) is 24.3 Å². The molecule has 1 heterocycles. The SMILES string of the molecule is C[C@H]1CCCN(c2ccc(C(=O)Nc3ccc(Br)cc3)cc2[N+](=O)[O-])C1. The molecule has 0 aliphatic carbocycles. The molecular weight excluding hydrogens is 398 g/mol. The molecule has 0 spiro atoms. The number of rotatable bonds is 4. The molecule has 1 saturated heterocycles. The molecule has 2 aromatic rings. The third kappa shape index (κ3) is 4.22. The number of hydrogen-bond acceptors (Lipinski definition) is 4. The van der Waals surface area contributed by atoms with Gasteiger partial charge in [-0.2, -0.15) is 0 Å². The van der Waals surface area contributed by atoms with Gasteiger partial charge in [-0.25, -0.2) is 0 Å². The van der Waals surface area contributed by atoms with Crippen molar-refractivity contribution in [2.75, 3.05) is 23.3 Å². The summed E-state index contributed by atoms with van der Waals surface area (Å²) in [6.07, 6.45) is 2.15. The van der Waals surface area contributed by atoms with Crippen LogP contribution in [0.3, 0.4) is 0 Å². The molecule has 2 aromatic carbocycles. The minimum absolute atomic E-state index is 0.0254. The van der Waals surface area contributed by atoms with E-state index in [-0.39, 0.29) is 17.2 Å². The molecule has 7 heteroatoms. The van der Waals surface area contributed by atoms with Crippen molar-refractivity contribution in [3.8, 4) is 0 Å². The fourth-order valence-corrected chi connectivity index (χ4v) is 3.49. The first-order chi connectivity index (χ1) is 12.4. The molecule has 1 aliphatic rings. The van der Waals surface area contributed by atoms with E-state index in [2.05, 4.69) is 28.2 Å². The van der Waals surface area contributed by atoms with Crippen LogP contribution >= 0.6 is 15.9 Å². The van der Waals surface area contributed by atoms with Crippen LogP contribution < -0.4 is 10.2 Å². The maximum absolute atomic E-state index is 12.5. The van der Waals surface area contributed by atoms with E-state index >= 15 is 0 Å². The van der Waals surface area contributed by atoms with Crippen LogP contribution in [-0.2, 0) is 0 Å². The second-order valence-electron chi connectivity index (χ2n) is 6.62. The summed E-state index contributed by atoms with van der Waals surface area (Å²) in [6, 6.07) is 11.9. The van der Waals surface area contributed by atoms with Crippen LogP contribution in [0.25, 0.3) is 0 Å². The van der Waals surface area contributed by atoms with Gasteiger partial charge in [0.15, 0.2) is 0 Å². The number of nitrogens with one attached hydrogen (secondary N) is 1. The number of anilines is 2. The monoisotopic (exact) mass is 417 g/mol. The number of nitro groups is 1. The highest BCUT2D eigenvalue weighted by atomic mass is 79.9. The number of halogens is 1. The van der Waals surface area contributed by atoms with Gasteiger partial charge in [0.1, 0.15) is 5.69 Å². The zero-order chi connectivity index (χ0) is 18.7. The van der Waals surface area contributed by atoms with Gasteiger partial charge in [0.2, 0.25) is 0 Å². The molecule has 0 unspecified atom stereocenters. The van der Waals surface area contributed by atoms with Gasteiger partial charge >= 0.3 is 0 Å². The second kappa shape index (κ2) is 7.86. The molecule has 3 rings (SSSR count). The predicted molar refractivity (Wildman–Crippen MR) is 106 cm³/mol. The Hall–Kier alpha value is -2.41. The Bertz CT molecular complexity index is 823. The second-order valence-corrected chi connectivity index (χ2v) is 7.53. The Morgan fingerprint density at radius 1 is 1.27 bits per heavy atom. The highest BCUT2D eigenvalue weighted by Gasteiger charge is 2.25. The normalized spacial score (nSPS) is 17.0. The lowest BCUT2D eigenvalue weighted by atomic mass is 9.99. The van der Waals surface area contributed by atoms with Crippen molar-refractivity contribution in [2.45, 2.75) is 19.8 Å². The van der Waals surface area contributed by atoms with E-state index in [1.165, 1.54) is 6.07 Å². The van der Waals surface area contributed by atoms with E-state index < -0.39 is 4.92 Å². The van der Waals surface area contributed by atoms with Crippen LogP contribution in [0.2, 0.25) is 0 Å². The largest absolute Gasteiger partial charge is 0.366 e. The zero-order valence-electron chi connectivity index (χ0n) is 14.4. The van der Waals surface area contributed by atoms with Gasteiger partial charge in [0.25, 0.3) is 11.6 Å². The number of carbonyl (C=O) groups excluding carboxylic acids is 1. The van der Waals surface area contributed by atoms with Gasteiger partial charge in [-0.3, -0.25) is 14.9 Å². The highest BCUT2D eigenvalue weighted by molar-refractivity contribution is 9.10. The van der Waals surface area contributed by atoms with Crippen LogP contribution in [-0.4, -0.2) is 23.9 Å². The standard InChI is InChI=1S/C19H20BrN3O3/c1-13-3-2-10-22(12-13)17-9-4-14(11-18(17)23(25)26)19(24)21-16-7-5-15(20)6-8-16/h4-9,11,13H,2-3,10,12H2,1H3,(H,21,24)/t13-/m0/s1. The summed E-state index contributed by atoms with van der Waals surface area (Å²) in [5, 5.41) is 14.3. The first-order valence-corrected chi connectivity index (χ1v) is 9.33. The van der Waals surface area contributed by atoms with Crippen LogP contribution in [0.4, 0.5) is 17.1 Å². The van der Waals surface area contributed by atoms with Crippen molar-refractivity contribution in [2.24, 2.45) is 5.92 Å². The third-order valence-electron chi connectivity index (χ3n) is 4.53. The van der Waals surface area contributed by atoms with E-state index in [9.17, 15) is 14.9 Å². The van der Waals surface area contributed by atoms with Crippen molar-refractivity contribution in [3.05, 3.63) is 62.6 Å². The van der Waals surface area contributed by atoms with Gasteiger partial charge in [0.05, 0.1) is 4.92 Å². The van der Waals surface area contributed by atoms with Crippen LogP contribution in [0.1, 0.15) is 30.1 Å². The fourth-order valence-electron chi connectivity index (χ4n) is 3.22. The average molecular weight is 418 g/mol. The molecule has 1 atom stereocenters. The first kappa shape index (κ1) is 18.4. The van der Waals surface area contributed by atoms with Crippen molar-refractivity contribution in [1.29, 1.82) is 0 Å². The Balaban J connectivity index is 1.84. The Kier molecular flexibility index (Phi) is 5.56. The molecule has 1 amide bonds. The van der Waals surface area contributed by atoms with E-state index in [4.69, 9.17) is 0 Å². The molecule has 1 aliphatic heterocycles. The minimum atomic E-state index is -0.412. The topological polar surface area (TPSA) is 75.5 Å². The third-order valence-corrected chi connectivity index (χ3v) is 5.06. The van der Waals surface area contributed by atoms with Gasteiger partial charge in [0, 0.05) is 34.9 Å². The highest BCUT2D eigenvalue weighted by Crippen LogP contribution is 2.32. The summed E-state index contributed by atoms with van der Waals surface area (Å²) in [7, 11) is 0. The summed E-state index contributed by atoms with van der Waals surface area (Å²) in [5.41, 5.74) is 1.47. The van der Waals surface area contributed by atoms with Gasteiger partial charge in [-0.1, -0.05) is 22.9 Å². The predicted octanol–water partition coefficient (Wildman–Crippen LogP) is 4.85. The summed E-state index contributed by atoms with van der Waals surface area (Å²) >= 11 is 3.34. The summed E-state index contributed by atoms with van der Waals surface area (Å²) in [5.74, 6) is 0.137.